The molecule has 8 heteroatoms. The van der Waals surface area contributed by atoms with Gasteiger partial charge in [0.15, 0.2) is 0 Å². The number of nitrogens with zero attached hydrogens (tertiary/aromatic N) is 2. The van der Waals surface area contributed by atoms with Gasteiger partial charge in [0, 0.05) is 10.0 Å². The van der Waals surface area contributed by atoms with E-state index in [0.717, 1.165) is 12.1 Å². The highest BCUT2D eigenvalue weighted by Gasteiger charge is 2.34. The van der Waals surface area contributed by atoms with Gasteiger partial charge in [0.2, 0.25) is 0 Å². The van der Waals surface area contributed by atoms with Gasteiger partial charge in [-0.05, 0) is 29.8 Å². The van der Waals surface area contributed by atoms with Gasteiger partial charge >= 0.3 is 6.18 Å². The van der Waals surface area contributed by atoms with E-state index in [-0.39, 0.29) is 10.7 Å². The maximum Gasteiger partial charge on any atom is 0.419 e. The Morgan fingerprint density at radius 3 is 2.27 bits per heavy atom. The highest BCUT2D eigenvalue weighted by molar-refractivity contribution is 6.35. The topological polar surface area (TPSA) is 36.7 Å². The molecule has 1 aromatic carbocycles. The number of halogens is 6. The van der Waals surface area contributed by atoms with E-state index in [9.17, 15) is 18.4 Å². The fourth-order valence-electron chi connectivity index (χ4n) is 1.85. The summed E-state index contributed by atoms with van der Waals surface area (Å²) in [6.45, 7) is 0. The lowest BCUT2D eigenvalue weighted by Gasteiger charge is -2.14. The zero-order valence-corrected chi connectivity index (χ0v) is 12.9. The largest absolute Gasteiger partial charge is 0.419 e. The van der Waals surface area contributed by atoms with Crippen LogP contribution >= 0.6 is 34.8 Å². The molecule has 0 aliphatic carbocycles. The Kier molecular flexibility index (Phi) is 4.86. The first-order valence-corrected chi connectivity index (χ1v) is 6.95. The van der Waals surface area contributed by atoms with E-state index in [2.05, 4.69) is 4.98 Å². The Hall–Kier alpha value is -1.48. The molecule has 0 bridgehead atoms. The Balaban J connectivity index is 2.49. The molecule has 1 heterocycles. The van der Waals surface area contributed by atoms with Crippen molar-refractivity contribution < 1.29 is 13.2 Å². The van der Waals surface area contributed by atoms with Gasteiger partial charge < -0.3 is 0 Å². The lowest BCUT2D eigenvalue weighted by atomic mass is 9.96. The molecule has 22 heavy (non-hydrogen) atoms. The van der Waals surface area contributed by atoms with Crippen molar-refractivity contribution in [1.82, 2.24) is 4.98 Å². The van der Waals surface area contributed by atoms with Crippen LogP contribution in [0.1, 0.15) is 22.7 Å². The van der Waals surface area contributed by atoms with Crippen LogP contribution in [-0.2, 0) is 6.18 Å². The first-order chi connectivity index (χ1) is 10.2. The maximum absolute atomic E-state index is 12.7. The maximum atomic E-state index is 12.7. The van der Waals surface area contributed by atoms with Crippen molar-refractivity contribution in [1.29, 1.82) is 5.26 Å². The molecular formula is C14H6Cl3F3N2. The lowest BCUT2D eigenvalue weighted by molar-refractivity contribution is -0.137. The van der Waals surface area contributed by atoms with E-state index in [1.54, 1.807) is 0 Å². The molecule has 0 fully saturated rings. The summed E-state index contributed by atoms with van der Waals surface area (Å²) in [7, 11) is 0. The number of nitriles is 1. The number of alkyl halides is 3. The van der Waals surface area contributed by atoms with Crippen LogP contribution in [0.15, 0.2) is 30.3 Å². The van der Waals surface area contributed by atoms with Gasteiger partial charge in [0.05, 0.1) is 17.3 Å². The summed E-state index contributed by atoms with van der Waals surface area (Å²) in [5, 5.41) is 9.19. The summed E-state index contributed by atoms with van der Waals surface area (Å²) in [6, 6.07) is 8.33. The molecule has 0 N–H and O–H groups in total. The van der Waals surface area contributed by atoms with Gasteiger partial charge in [-0.3, -0.25) is 0 Å². The quantitative estimate of drug-likeness (QED) is 0.639. The van der Waals surface area contributed by atoms with E-state index in [4.69, 9.17) is 34.8 Å². The van der Waals surface area contributed by atoms with E-state index in [1.165, 1.54) is 18.2 Å². The summed E-state index contributed by atoms with van der Waals surface area (Å²) >= 11 is 17.4. The molecular weight excluding hydrogens is 360 g/mol. The molecule has 114 valence electrons. The molecule has 0 spiro atoms. The first-order valence-electron chi connectivity index (χ1n) is 5.82. The second-order valence-electron chi connectivity index (χ2n) is 4.30. The second kappa shape index (κ2) is 6.33. The fraction of sp³-hybridized carbons (Fsp3) is 0.143. The minimum atomic E-state index is -4.61. The molecule has 0 radical (unpaired) electrons. The van der Waals surface area contributed by atoms with Crippen LogP contribution in [0.4, 0.5) is 13.2 Å². The van der Waals surface area contributed by atoms with Gasteiger partial charge in [-0.15, -0.1) is 0 Å². The Labute approximate surface area is 139 Å². The Bertz CT molecular complexity index is 754. The van der Waals surface area contributed by atoms with Gasteiger partial charge in [-0.25, -0.2) is 4.98 Å². The smallest absolute Gasteiger partial charge is 0.239 e. The molecule has 1 unspecified atom stereocenters. The van der Waals surface area contributed by atoms with E-state index in [0.29, 0.717) is 10.6 Å². The molecule has 0 aliphatic rings. The van der Waals surface area contributed by atoms with Crippen LogP contribution < -0.4 is 0 Å². The fourth-order valence-corrected chi connectivity index (χ4v) is 2.64. The van der Waals surface area contributed by atoms with Crippen molar-refractivity contribution in [2.24, 2.45) is 0 Å². The number of benzene rings is 1. The SMILES string of the molecule is N#CC(c1ccc(C(F)(F)F)c(Cl)n1)c1ccc(Cl)cc1Cl. The molecule has 1 atom stereocenters. The standard InChI is InChI=1S/C14H6Cl3F3N2/c15-7-1-2-8(11(16)5-7)9(6-21)12-4-3-10(13(17)22-12)14(18,19)20/h1-5,9H. The zero-order valence-electron chi connectivity index (χ0n) is 10.6. The molecule has 2 nitrogen and oxygen atoms in total. The first kappa shape index (κ1) is 16.9. The van der Waals surface area contributed by atoms with E-state index in [1.807, 2.05) is 6.07 Å². The summed E-state index contributed by atoms with van der Waals surface area (Å²) in [6.07, 6.45) is -4.61. The summed E-state index contributed by atoms with van der Waals surface area (Å²) in [5.74, 6) is -0.954. The molecule has 2 rings (SSSR count). The predicted octanol–water partition coefficient (Wildman–Crippen LogP) is 5.72. The van der Waals surface area contributed by atoms with Crippen LogP contribution in [0.25, 0.3) is 0 Å². The van der Waals surface area contributed by atoms with Gasteiger partial charge in [-0.1, -0.05) is 40.9 Å². The summed E-state index contributed by atoms with van der Waals surface area (Å²) in [5.41, 5.74) is -0.599. The van der Waals surface area contributed by atoms with E-state index < -0.39 is 22.8 Å². The number of rotatable bonds is 2. The van der Waals surface area contributed by atoms with Crippen molar-refractivity contribution in [3.8, 4) is 6.07 Å². The molecule has 1 aromatic heterocycles. The van der Waals surface area contributed by atoms with Gasteiger partial charge in [0.25, 0.3) is 0 Å². The highest BCUT2D eigenvalue weighted by atomic mass is 35.5. The van der Waals surface area contributed by atoms with Crippen LogP contribution in [0.2, 0.25) is 15.2 Å². The average Bonchev–Trinajstić information content (AvgIpc) is 2.40. The summed E-state index contributed by atoms with van der Waals surface area (Å²) < 4.78 is 38.0. The number of aromatic nitrogens is 1. The minimum absolute atomic E-state index is 0.0738. The molecule has 0 saturated carbocycles. The molecule has 0 amide bonds. The molecule has 0 aliphatic heterocycles. The number of pyridine rings is 1. The monoisotopic (exact) mass is 364 g/mol. The number of hydrogen-bond acceptors (Lipinski definition) is 2. The molecule has 0 saturated heterocycles. The van der Waals surface area contributed by atoms with E-state index >= 15 is 0 Å². The normalized spacial score (nSPS) is 12.8. The lowest BCUT2D eigenvalue weighted by Crippen LogP contribution is -2.09. The molecule has 2 aromatic rings. The minimum Gasteiger partial charge on any atom is -0.239 e. The van der Waals surface area contributed by atoms with Crippen LogP contribution in [0.3, 0.4) is 0 Å². The Morgan fingerprint density at radius 1 is 1.09 bits per heavy atom. The van der Waals surface area contributed by atoms with Crippen molar-refractivity contribution in [3.05, 3.63) is 62.4 Å². The highest BCUT2D eigenvalue weighted by Crippen LogP contribution is 2.36. The second-order valence-corrected chi connectivity index (χ2v) is 5.50. The summed E-state index contributed by atoms with van der Waals surface area (Å²) in [4.78, 5) is 3.68. The van der Waals surface area contributed by atoms with Gasteiger partial charge in [-0.2, -0.15) is 18.4 Å². The predicted molar refractivity (Wildman–Crippen MR) is 78.2 cm³/mol. The third-order valence-corrected chi connectivity index (χ3v) is 3.72. The Morgan fingerprint density at radius 2 is 1.77 bits per heavy atom. The van der Waals surface area contributed by atoms with Crippen molar-refractivity contribution in [2.45, 2.75) is 12.1 Å². The van der Waals surface area contributed by atoms with Crippen molar-refractivity contribution >= 4 is 34.8 Å². The van der Waals surface area contributed by atoms with Crippen LogP contribution in [-0.4, -0.2) is 4.98 Å². The van der Waals surface area contributed by atoms with Gasteiger partial charge in [0.1, 0.15) is 11.1 Å². The van der Waals surface area contributed by atoms with Crippen molar-refractivity contribution in [3.63, 3.8) is 0 Å². The van der Waals surface area contributed by atoms with Crippen LogP contribution in [0, 0.1) is 11.3 Å². The van der Waals surface area contributed by atoms with Crippen LogP contribution in [0.5, 0.6) is 0 Å². The third-order valence-electron chi connectivity index (χ3n) is 2.87. The van der Waals surface area contributed by atoms with Crippen molar-refractivity contribution in [2.75, 3.05) is 0 Å². The average molecular weight is 366 g/mol. The number of hydrogen-bond donors (Lipinski definition) is 0. The zero-order chi connectivity index (χ0) is 16.5. The third kappa shape index (κ3) is 3.46.